The molecule has 236 valence electrons. The predicted octanol–water partition coefficient (Wildman–Crippen LogP) is 10.5. The molecule has 1 atom stereocenters. The summed E-state index contributed by atoms with van der Waals surface area (Å²) < 4.78 is 90.7. The molecule has 0 radical (unpaired) electrons. The lowest BCUT2D eigenvalue weighted by atomic mass is 10.0. The van der Waals surface area contributed by atoms with Crippen molar-refractivity contribution in [2.24, 2.45) is 9.98 Å². The van der Waals surface area contributed by atoms with Crippen molar-refractivity contribution in [2.45, 2.75) is 6.17 Å². The fraction of sp³-hybridized carbons (Fsp3) is 0.0222. The zero-order chi connectivity index (χ0) is 41.7. The molecule has 7 aromatic carbocycles. The second kappa shape index (κ2) is 11.5. The number of amidine groups is 1. The molecule has 2 aromatic heterocycles. The van der Waals surface area contributed by atoms with Gasteiger partial charge in [-0.3, -0.25) is 4.57 Å². The molecule has 0 aliphatic carbocycles. The molecule has 3 heterocycles. The van der Waals surface area contributed by atoms with Crippen molar-refractivity contribution in [2.75, 3.05) is 0 Å². The minimum Gasteiger partial charge on any atom is -0.330 e. The SMILES string of the molecule is [2H]c1c([2H])c([2H])c(C2N=C(c3cccc(-c4ccccc4)c3)N=C(n3c4ccccc4c4ccc5c6ccccc6n(-c6c([2H])c([2H])c([2H])c([2H])c6[2H])c5c43)N2)c([2H])c1[2H]. The largest absolute Gasteiger partial charge is 0.330 e. The van der Waals surface area contributed by atoms with Crippen LogP contribution in [0.5, 0.6) is 0 Å². The third kappa shape index (κ3) is 4.48. The number of para-hydroxylation sites is 3. The number of benzene rings is 7. The molecule has 50 heavy (non-hydrogen) atoms. The summed E-state index contributed by atoms with van der Waals surface area (Å²) in [6, 6.07) is 32.1. The van der Waals surface area contributed by atoms with E-state index in [1.807, 2.05) is 120 Å². The Kier molecular flexibility index (Phi) is 4.57. The number of nitrogens with one attached hydrogen (secondary N) is 1. The van der Waals surface area contributed by atoms with E-state index in [2.05, 4.69) is 5.32 Å². The summed E-state index contributed by atoms with van der Waals surface area (Å²) in [6.07, 6.45) is -1.20. The maximum atomic E-state index is 9.11. The van der Waals surface area contributed by atoms with Crippen molar-refractivity contribution in [3.8, 4) is 16.8 Å². The molecule has 9 aromatic rings. The van der Waals surface area contributed by atoms with Crippen LogP contribution in [0.1, 0.15) is 31.0 Å². The number of hydrogen-bond acceptors (Lipinski definition) is 3. The molecule has 0 saturated heterocycles. The first-order valence-electron chi connectivity index (χ1n) is 21.1. The van der Waals surface area contributed by atoms with Crippen molar-refractivity contribution in [1.29, 1.82) is 0 Å². The van der Waals surface area contributed by atoms with E-state index in [-0.39, 0.29) is 35.1 Å². The Hall–Kier alpha value is -6.72. The van der Waals surface area contributed by atoms with Crippen LogP contribution in [0.4, 0.5) is 0 Å². The topological polar surface area (TPSA) is 46.6 Å². The average Bonchev–Trinajstić information content (AvgIpc) is 3.80. The first kappa shape index (κ1) is 19.9. The maximum Gasteiger partial charge on any atom is 0.212 e. The van der Waals surface area contributed by atoms with Crippen LogP contribution in [-0.2, 0) is 0 Å². The molecule has 0 fully saturated rings. The van der Waals surface area contributed by atoms with Gasteiger partial charge in [0.15, 0.2) is 5.84 Å². The van der Waals surface area contributed by atoms with Crippen molar-refractivity contribution in [3.05, 3.63) is 187 Å². The van der Waals surface area contributed by atoms with E-state index in [1.165, 1.54) is 0 Å². The Morgan fingerprint density at radius 1 is 0.520 bits per heavy atom. The van der Waals surface area contributed by atoms with Crippen LogP contribution in [0.3, 0.4) is 0 Å². The summed E-state index contributed by atoms with van der Waals surface area (Å²) in [5.74, 6) is 0.459. The lowest BCUT2D eigenvalue weighted by Crippen LogP contribution is -2.37. The molecule has 1 unspecified atom stereocenters. The monoisotopic (exact) mass is 651 g/mol. The first-order chi connectivity index (χ1) is 29.0. The molecular weight excluding hydrogens is 611 g/mol. The molecule has 0 spiro atoms. The lowest BCUT2D eigenvalue weighted by Gasteiger charge is -2.25. The van der Waals surface area contributed by atoms with E-state index in [9.17, 15) is 0 Å². The van der Waals surface area contributed by atoms with Crippen LogP contribution >= 0.6 is 0 Å². The van der Waals surface area contributed by atoms with E-state index in [1.54, 1.807) is 4.57 Å². The Bertz CT molecular complexity index is 3310. The van der Waals surface area contributed by atoms with Crippen LogP contribution in [0.15, 0.2) is 186 Å². The number of aliphatic imine (C=N–C) groups is 2. The van der Waals surface area contributed by atoms with Gasteiger partial charge in [0, 0.05) is 32.8 Å². The van der Waals surface area contributed by atoms with Crippen LogP contribution in [0.2, 0.25) is 0 Å². The lowest BCUT2D eigenvalue weighted by molar-refractivity contribution is 0.661. The van der Waals surface area contributed by atoms with Gasteiger partial charge < -0.3 is 9.88 Å². The summed E-state index contributed by atoms with van der Waals surface area (Å²) in [6.45, 7) is 0. The Balaban J connectivity index is 1.33. The highest BCUT2D eigenvalue weighted by Gasteiger charge is 2.26. The van der Waals surface area contributed by atoms with Gasteiger partial charge in [-0.2, -0.15) is 4.99 Å². The van der Waals surface area contributed by atoms with Gasteiger partial charge in [0.05, 0.1) is 35.8 Å². The quantitative estimate of drug-likeness (QED) is 0.202. The molecule has 1 aliphatic heterocycles. The molecule has 5 nitrogen and oxygen atoms in total. The number of fused-ring (bicyclic) bond motifs is 7. The van der Waals surface area contributed by atoms with Gasteiger partial charge in [-0.25, -0.2) is 4.99 Å². The normalized spacial score (nSPS) is 17.4. The second-order valence-corrected chi connectivity index (χ2v) is 12.0. The molecule has 10 rings (SSSR count). The summed E-state index contributed by atoms with van der Waals surface area (Å²) in [7, 11) is 0. The Morgan fingerprint density at radius 3 is 1.82 bits per heavy atom. The van der Waals surface area contributed by atoms with Gasteiger partial charge in [0.1, 0.15) is 6.17 Å². The van der Waals surface area contributed by atoms with Crippen molar-refractivity contribution in [3.63, 3.8) is 0 Å². The smallest absolute Gasteiger partial charge is 0.212 e. The first-order valence-corrected chi connectivity index (χ1v) is 16.1. The van der Waals surface area contributed by atoms with Crippen LogP contribution < -0.4 is 5.32 Å². The average molecular weight is 652 g/mol. The molecule has 0 bridgehead atoms. The van der Waals surface area contributed by atoms with Crippen LogP contribution in [-0.4, -0.2) is 20.9 Å². The molecular formula is C45H31N5. The van der Waals surface area contributed by atoms with E-state index < -0.39 is 54.5 Å². The van der Waals surface area contributed by atoms with E-state index in [0.29, 0.717) is 27.6 Å². The fourth-order valence-electron chi connectivity index (χ4n) is 7.00. The Morgan fingerprint density at radius 2 is 1.10 bits per heavy atom. The van der Waals surface area contributed by atoms with E-state index >= 15 is 0 Å². The molecule has 0 saturated carbocycles. The van der Waals surface area contributed by atoms with Crippen molar-refractivity contribution in [1.82, 2.24) is 14.5 Å². The zero-order valence-corrected chi connectivity index (χ0v) is 26.3. The van der Waals surface area contributed by atoms with Crippen LogP contribution in [0.25, 0.3) is 60.4 Å². The highest BCUT2D eigenvalue weighted by Crippen LogP contribution is 2.40. The van der Waals surface area contributed by atoms with E-state index in [0.717, 1.165) is 32.7 Å². The third-order valence-electron chi connectivity index (χ3n) is 9.14. The summed E-state index contributed by atoms with van der Waals surface area (Å²) in [5.41, 5.74) is 4.83. The van der Waals surface area contributed by atoms with Crippen LogP contribution in [0, 0.1) is 0 Å². The zero-order valence-electron chi connectivity index (χ0n) is 36.3. The maximum absolute atomic E-state index is 9.11. The molecule has 0 amide bonds. The molecule has 1 N–H and O–H groups in total. The predicted molar refractivity (Wildman–Crippen MR) is 207 cm³/mol. The third-order valence-corrected chi connectivity index (χ3v) is 9.14. The van der Waals surface area contributed by atoms with Gasteiger partial charge in [0.25, 0.3) is 0 Å². The molecule has 1 aliphatic rings. The number of aromatic nitrogens is 2. The fourth-order valence-corrected chi connectivity index (χ4v) is 7.00. The highest BCUT2D eigenvalue weighted by molar-refractivity contribution is 6.26. The summed E-state index contributed by atoms with van der Waals surface area (Å²) in [4.78, 5) is 10.1. The number of rotatable bonds is 4. The van der Waals surface area contributed by atoms with Gasteiger partial charge >= 0.3 is 0 Å². The Labute approximate surface area is 303 Å². The van der Waals surface area contributed by atoms with Gasteiger partial charge in [0.2, 0.25) is 5.96 Å². The summed E-state index contributed by atoms with van der Waals surface area (Å²) in [5, 5.41) is 6.48. The second-order valence-electron chi connectivity index (χ2n) is 12.0. The van der Waals surface area contributed by atoms with Gasteiger partial charge in [-0.05, 0) is 47.0 Å². The van der Waals surface area contributed by atoms with Crippen molar-refractivity contribution < 1.29 is 13.7 Å². The minimum atomic E-state index is -1.20. The standard InChI is InChI=1S/C45H31N5/c1-4-15-30(16-5-1)32-19-14-20-33(29-32)44-46-43(31-17-6-2-7-18-31)47-45(48-44)50-40-26-13-11-24-36(40)38-28-27-37-35-23-10-12-25-39(35)49(41(37)42(38)50)34-21-8-3-9-22-34/h1-29,43H,(H,46,47,48)/i2D,3D,6D,7D,8D,9D,17D,18D,21D,22D. The minimum absolute atomic E-state index is 0.0213. The van der Waals surface area contributed by atoms with E-state index in [4.69, 9.17) is 23.7 Å². The number of hydrogen-bond donors (Lipinski definition) is 1. The highest BCUT2D eigenvalue weighted by atomic mass is 15.3. The summed E-state index contributed by atoms with van der Waals surface area (Å²) >= 11 is 0. The number of nitrogens with zero attached hydrogens (tertiary/aromatic N) is 4. The van der Waals surface area contributed by atoms with Gasteiger partial charge in [-0.15, -0.1) is 0 Å². The van der Waals surface area contributed by atoms with Gasteiger partial charge in [-0.1, -0.05) is 145 Å². The van der Waals surface area contributed by atoms with Crippen molar-refractivity contribution >= 4 is 55.4 Å². The molecule has 5 heteroatoms.